The Morgan fingerprint density at radius 2 is 1.92 bits per heavy atom. The SMILES string of the molecule is C=C(C)CC(COC)(CC(=C)C)NC(=O)c1cnc2c(F)cccc2c1. The molecule has 0 saturated heterocycles. The number of amides is 1. The van der Waals surface area contributed by atoms with Crippen LogP contribution in [0.5, 0.6) is 0 Å². The Morgan fingerprint density at radius 3 is 2.50 bits per heavy atom. The fourth-order valence-corrected chi connectivity index (χ4v) is 3.28. The predicted octanol–water partition coefficient (Wildman–Crippen LogP) is 4.42. The number of pyridine rings is 1. The van der Waals surface area contributed by atoms with Crippen molar-refractivity contribution >= 4 is 16.8 Å². The molecular formula is C21H25FN2O2. The lowest BCUT2D eigenvalue weighted by Crippen LogP contribution is -2.52. The number of hydrogen-bond donors (Lipinski definition) is 1. The molecule has 138 valence electrons. The highest BCUT2D eigenvalue weighted by atomic mass is 19.1. The van der Waals surface area contributed by atoms with Crippen molar-refractivity contribution in [3.05, 3.63) is 66.1 Å². The van der Waals surface area contributed by atoms with Crippen molar-refractivity contribution in [3.8, 4) is 0 Å². The van der Waals surface area contributed by atoms with Crippen LogP contribution in [-0.2, 0) is 4.74 Å². The monoisotopic (exact) mass is 356 g/mol. The number of benzene rings is 1. The molecule has 26 heavy (non-hydrogen) atoms. The van der Waals surface area contributed by atoms with Gasteiger partial charge in [-0.05, 0) is 38.8 Å². The number of aromatic nitrogens is 1. The van der Waals surface area contributed by atoms with Gasteiger partial charge < -0.3 is 10.1 Å². The smallest absolute Gasteiger partial charge is 0.253 e. The van der Waals surface area contributed by atoms with Crippen molar-refractivity contribution in [2.75, 3.05) is 13.7 Å². The van der Waals surface area contributed by atoms with Crippen LogP contribution in [0.4, 0.5) is 4.39 Å². The largest absolute Gasteiger partial charge is 0.382 e. The first-order valence-corrected chi connectivity index (χ1v) is 8.41. The lowest BCUT2D eigenvalue weighted by atomic mass is 9.86. The van der Waals surface area contributed by atoms with Crippen LogP contribution in [0.1, 0.15) is 37.0 Å². The summed E-state index contributed by atoms with van der Waals surface area (Å²) in [6, 6.07) is 6.31. The molecule has 1 amide bonds. The molecule has 0 aliphatic carbocycles. The van der Waals surface area contributed by atoms with Gasteiger partial charge in [-0.25, -0.2) is 4.39 Å². The molecule has 2 aromatic rings. The summed E-state index contributed by atoms with van der Waals surface area (Å²) in [5, 5.41) is 3.65. The molecular weight excluding hydrogens is 331 g/mol. The van der Waals surface area contributed by atoms with Gasteiger partial charge in [-0.3, -0.25) is 9.78 Å². The van der Waals surface area contributed by atoms with Crippen molar-refractivity contribution in [1.82, 2.24) is 10.3 Å². The summed E-state index contributed by atoms with van der Waals surface area (Å²) in [4.78, 5) is 17.0. The molecule has 5 heteroatoms. The minimum Gasteiger partial charge on any atom is -0.382 e. The van der Waals surface area contributed by atoms with E-state index in [1.165, 1.54) is 12.3 Å². The minimum atomic E-state index is -0.638. The summed E-state index contributed by atoms with van der Waals surface area (Å²) < 4.78 is 19.1. The highest BCUT2D eigenvalue weighted by Gasteiger charge is 2.32. The van der Waals surface area contributed by atoms with E-state index in [1.54, 1.807) is 25.3 Å². The number of methoxy groups -OCH3 is 1. The number of para-hydroxylation sites is 1. The maximum Gasteiger partial charge on any atom is 0.253 e. The zero-order chi connectivity index (χ0) is 19.3. The van der Waals surface area contributed by atoms with Crippen molar-refractivity contribution in [1.29, 1.82) is 0 Å². The number of rotatable bonds is 8. The van der Waals surface area contributed by atoms with Crippen molar-refractivity contribution in [3.63, 3.8) is 0 Å². The van der Waals surface area contributed by atoms with E-state index in [-0.39, 0.29) is 11.4 Å². The van der Waals surface area contributed by atoms with Crippen LogP contribution in [-0.4, -0.2) is 30.1 Å². The first-order valence-electron chi connectivity index (χ1n) is 8.41. The average Bonchev–Trinajstić information content (AvgIpc) is 2.53. The van der Waals surface area contributed by atoms with Crippen LogP contribution in [0.3, 0.4) is 0 Å². The first kappa shape index (κ1) is 19.8. The molecule has 0 aliphatic rings. The summed E-state index contributed by atoms with van der Waals surface area (Å²) in [5.74, 6) is -0.698. The number of carbonyl (C=O) groups excluding carboxylic acids is 1. The van der Waals surface area contributed by atoms with Gasteiger partial charge in [0.1, 0.15) is 11.3 Å². The molecule has 0 spiro atoms. The molecule has 0 fully saturated rings. The highest BCUT2D eigenvalue weighted by molar-refractivity contribution is 5.97. The second kappa shape index (κ2) is 8.23. The number of nitrogens with zero attached hydrogens (tertiary/aromatic N) is 1. The maximum atomic E-state index is 13.8. The molecule has 1 aromatic heterocycles. The van der Waals surface area contributed by atoms with E-state index in [4.69, 9.17) is 4.74 Å². The second-order valence-electron chi connectivity index (χ2n) is 6.97. The van der Waals surface area contributed by atoms with Crippen molar-refractivity contribution in [2.24, 2.45) is 0 Å². The topological polar surface area (TPSA) is 51.2 Å². The van der Waals surface area contributed by atoms with E-state index in [9.17, 15) is 9.18 Å². The summed E-state index contributed by atoms with van der Waals surface area (Å²) in [6.07, 6.45) is 2.52. The van der Waals surface area contributed by atoms with Gasteiger partial charge >= 0.3 is 0 Å². The fourth-order valence-electron chi connectivity index (χ4n) is 3.28. The van der Waals surface area contributed by atoms with E-state index in [1.807, 2.05) is 13.8 Å². The van der Waals surface area contributed by atoms with Gasteiger partial charge in [0.2, 0.25) is 0 Å². The number of carbonyl (C=O) groups is 1. The molecule has 0 aliphatic heterocycles. The van der Waals surface area contributed by atoms with Gasteiger partial charge in [0.15, 0.2) is 0 Å². The van der Waals surface area contributed by atoms with Gasteiger partial charge in [-0.2, -0.15) is 0 Å². The number of nitrogens with one attached hydrogen (secondary N) is 1. The lowest BCUT2D eigenvalue weighted by Gasteiger charge is -2.35. The second-order valence-corrected chi connectivity index (χ2v) is 6.97. The molecule has 1 N–H and O–H groups in total. The van der Waals surface area contributed by atoms with E-state index in [0.717, 1.165) is 11.1 Å². The molecule has 0 unspecified atom stereocenters. The number of halogens is 1. The maximum absolute atomic E-state index is 13.8. The van der Waals surface area contributed by atoms with Gasteiger partial charge in [-0.1, -0.05) is 23.3 Å². The molecule has 0 bridgehead atoms. The van der Waals surface area contributed by atoms with Crippen molar-refractivity contribution < 1.29 is 13.9 Å². The third kappa shape index (κ3) is 4.76. The Bertz CT molecular complexity index is 829. The van der Waals surface area contributed by atoms with Gasteiger partial charge in [0, 0.05) is 18.7 Å². The quantitative estimate of drug-likeness (QED) is 0.712. The number of hydrogen-bond acceptors (Lipinski definition) is 3. The molecule has 1 heterocycles. The Labute approximate surface area is 153 Å². The van der Waals surface area contributed by atoms with Gasteiger partial charge in [-0.15, -0.1) is 13.2 Å². The summed E-state index contributed by atoms with van der Waals surface area (Å²) >= 11 is 0. The molecule has 4 nitrogen and oxygen atoms in total. The highest BCUT2D eigenvalue weighted by Crippen LogP contribution is 2.25. The molecule has 0 saturated carbocycles. The third-order valence-electron chi connectivity index (χ3n) is 4.00. The molecule has 2 rings (SSSR count). The normalized spacial score (nSPS) is 11.4. The molecule has 1 aromatic carbocycles. The first-order chi connectivity index (χ1) is 12.3. The van der Waals surface area contributed by atoms with Crippen LogP contribution >= 0.6 is 0 Å². The lowest BCUT2D eigenvalue weighted by molar-refractivity contribution is 0.0753. The fraction of sp³-hybridized carbons (Fsp3) is 0.333. The number of ether oxygens (including phenoxy) is 1. The van der Waals surface area contributed by atoms with Crippen LogP contribution < -0.4 is 5.32 Å². The Kier molecular flexibility index (Phi) is 6.27. The van der Waals surface area contributed by atoms with Gasteiger partial charge in [0.25, 0.3) is 5.91 Å². The van der Waals surface area contributed by atoms with E-state index in [2.05, 4.69) is 23.5 Å². The van der Waals surface area contributed by atoms with Crippen LogP contribution in [0.2, 0.25) is 0 Å². The minimum absolute atomic E-state index is 0.246. The zero-order valence-corrected chi connectivity index (χ0v) is 15.6. The standard InChI is InChI=1S/C21H25FN2O2/c1-14(2)10-21(13-26-5,11-15(3)4)24-20(25)17-9-16-7-6-8-18(22)19(16)23-12-17/h6-9,12H,1,3,10-11,13H2,2,4-5H3,(H,24,25). The predicted molar refractivity (Wildman–Crippen MR) is 103 cm³/mol. The molecule has 0 atom stereocenters. The van der Waals surface area contributed by atoms with E-state index >= 15 is 0 Å². The third-order valence-corrected chi connectivity index (χ3v) is 4.00. The summed E-state index contributed by atoms with van der Waals surface area (Å²) in [7, 11) is 1.60. The Morgan fingerprint density at radius 1 is 1.27 bits per heavy atom. The van der Waals surface area contributed by atoms with E-state index in [0.29, 0.717) is 30.4 Å². The Balaban J connectivity index is 2.36. The zero-order valence-electron chi connectivity index (χ0n) is 15.6. The Hall–Kier alpha value is -2.53. The van der Waals surface area contributed by atoms with Crippen molar-refractivity contribution in [2.45, 2.75) is 32.2 Å². The van der Waals surface area contributed by atoms with Crippen LogP contribution in [0.15, 0.2) is 54.8 Å². The average molecular weight is 356 g/mol. The summed E-state index contributed by atoms with van der Waals surface area (Å²) in [6.45, 7) is 12.1. The summed E-state index contributed by atoms with van der Waals surface area (Å²) in [5.41, 5.74) is 1.84. The van der Waals surface area contributed by atoms with E-state index < -0.39 is 11.4 Å². The van der Waals surface area contributed by atoms with Crippen LogP contribution in [0.25, 0.3) is 10.9 Å². The van der Waals surface area contributed by atoms with Gasteiger partial charge in [0.05, 0.1) is 17.7 Å². The van der Waals surface area contributed by atoms with Crippen LogP contribution in [0, 0.1) is 5.82 Å². The molecule has 0 radical (unpaired) electrons. The number of fused-ring (bicyclic) bond motifs is 1.